The van der Waals surface area contributed by atoms with Gasteiger partial charge in [-0.05, 0) is 55.3 Å². The van der Waals surface area contributed by atoms with Crippen molar-refractivity contribution in [2.24, 2.45) is 0 Å². The highest BCUT2D eigenvalue weighted by atomic mass is 19.1. The third kappa shape index (κ3) is 4.69. The first-order valence-corrected chi connectivity index (χ1v) is 10.6. The van der Waals surface area contributed by atoms with Gasteiger partial charge in [-0.2, -0.15) is 0 Å². The molecule has 168 valence electrons. The largest absolute Gasteiger partial charge is 0.497 e. The first-order valence-electron chi connectivity index (χ1n) is 10.6. The summed E-state index contributed by atoms with van der Waals surface area (Å²) in [5, 5.41) is 2.98. The van der Waals surface area contributed by atoms with E-state index < -0.39 is 0 Å². The molecule has 2 heterocycles. The molecule has 8 heteroatoms. The quantitative estimate of drug-likeness (QED) is 0.583. The molecule has 1 unspecified atom stereocenters. The zero-order valence-electron chi connectivity index (χ0n) is 18.1. The third-order valence-electron chi connectivity index (χ3n) is 5.61. The van der Waals surface area contributed by atoms with Crippen LogP contribution in [0.3, 0.4) is 0 Å². The number of hydrogen-bond donors (Lipinski definition) is 1. The van der Waals surface area contributed by atoms with E-state index >= 15 is 0 Å². The van der Waals surface area contributed by atoms with Crippen LogP contribution in [-0.2, 0) is 6.42 Å². The van der Waals surface area contributed by atoms with Crippen molar-refractivity contribution in [1.82, 2.24) is 15.2 Å². The van der Waals surface area contributed by atoms with Crippen LogP contribution in [0.5, 0.6) is 11.5 Å². The van der Waals surface area contributed by atoms with Gasteiger partial charge in [0, 0.05) is 30.6 Å². The van der Waals surface area contributed by atoms with E-state index in [4.69, 9.17) is 13.9 Å². The molecule has 0 spiro atoms. The van der Waals surface area contributed by atoms with Crippen LogP contribution in [0.2, 0.25) is 0 Å². The summed E-state index contributed by atoms with van der Waals surface area (Å²) >= 11 is 0. The highest BCUT2D eigenvalue weighted by molar-refractivity contribution is 5.75. The number of carbonyl (C=O) groups is 1. The summed E-state index contributed by atoms with van der Waals surface area (Å²) in [6.07, 6.45) is 3.87. The second kappa shape index (κ2) is 9.72. The molecule has 1 fully saturated rings. The molecule has 32 heavy (non-hydrogen) atoms. The maximum atomic E-state index is 13.1. The monoisotopic (exact) mass is 439 g/mol. The smallest absolute Gasteiger partial charge is 0.317 e. The Bertz CT molecular complexity index is 1070. The lowest BCUT2D eigenvalue weighted by atomic mass is 10.0. The fraction of sp³-hybridized carbons (Fsp3) is 0.333. The molecule has 1 aromatic heterocycles. The summed E-state index contributed by atoms with van der Waals surface area (Å²) in [6.45, 7) is 1.10. The molecule has 1 aliphatic heterocycles. The minimum Gasteiger partial charge on any atom is -0.497 e. The Balaban J connectivity index is 1.37. The molecule has 0 aliphatic carbocycles. The Morgan fingerprint density at radius 1 is 1.22 bits per heavy atom. The number of benzene rings is 2. The molecule has 1 atom stereocenters. The Kier molecular flexibility index (Phi) is 6.58. The summed E-state index contributed by atoms with van der Waals surface area (Å²) in [4.78, 5) is 19.2. The predicted molar refractivity (Wildman–Crippen MR) is 117 cm³/mol. The molecule has 4 rings (SSSR count). The Labute approximate surface area is 186 Å². The zero-order valence-corrected chi connectivity index (χ0v) is 18.1. The van der Waals surface area contributed by atoms with E-state index in [0.29, 0.717) is 31.0 Å². The second-order valence-electron chi connectivity index (χ2n) is 7.59. The number of urea groups is 1. The number of ether oxygens (including phenoxy) is 2. The molecule has 0 saturated carbocycles. The van der Waals surface area contributed by atoms with E-state index in [2.05, 4.69) is 10.3 Å². The van der Waals surface area contributed by atoms with Crippen LogP contribution in [0, 0.1) is 5.82 Å². The summed E-state index contributed by atoms with van der Waals surface area (Å²) in [7, 11) is 3.25. The molecular weight excluding hydrogens is 413 g/mol. The number of nitrogens with one attached hydrogen (secondary N) is 1. The third-order valence-corrected chi connectivity index (χ3v) is 5.61. The molecule has 2 amide bonds. The number of amides is 2. The first-order chi connectivity index (χ1) is 15.6. The molecular formula is C24H26FN3O4. The van der Waals surface area contributed by atoms with Gasteiger partial charge in [-0.1, -0.05) is 0 Å². The maximum Gasteiger partial charge on any atom is 0.317 e. The Morgan fingerprint density at radius 2 is 2.03 bits per heavy atom. The van der Waals surface area contributed by atoms with Gasteiger partial charge < -0.3 is 24.1 Å². The zero-order chi connectivity index (χ0) is 22.5. The van der Waals surface area contributed by atoms with Crippen LogP contribution in [0.25, 0.3) is 11.5 Å². The molecule has 0 bridgehead atoms. The van der Waals surface area contributed by atoms with E-state index in [0.717, 1.165) is 35.6 Å². The van der Waals surface area contributed by atoms with Crippen molar-refractivity contribution in [3.05, 3.63) is 65.8 Å². The van der Waals surface area contributed by atoms with Crippen molar-refractivity contribution >= 4 is 6.03 Å². The van der Waals surface area contributed by atoms with Gasteiger partial charge in [-0.3, -0.25) is 0 Å². The number of aromatic nitrogens is 1. The molecule has 1 N–H and O–H groups in total. The lowest BCUT2D eigenvalue weighted by molar-refractivity contribution is 0.192. The Hall–Kier alpha value is -3.55. The fourth-order valence-corrected chi connectivity index (χ4v) is 3.98. The van der Waals surface area contributed by atoms with Gasteiger partial charge in [-0.25, -0.2) is 14.2 Å². The van der Waals surface area contributed by atoms with E-state index in [1.165, 1.54) is 12.1 Å². The van der Waals surface area contributed by atoms with Crippen LogP contribution in [-0.4, -0.2) is 43.2 Å². The van der Waals surface area contributed by atoms with Gasteiger partial charge in [0.05, 0.1) is 26.0 Å². The van der Waals surface area contributed by atoms with Crippen LogP contribution in [0.4, 0.5) is 9.18 Å². The maximum absolute atomic E-state index is 13.1. The molecule has 3 aromatic rings. The second-order valence-corrected chi connectivity index (χ2v) is 7.59. The molecule has 1 aliphatic rings. The normalized spacial score (nSPS) is 15.6. The number of halogens is 1. The lowest BCUT2D eigenvalue weighted by Crippen LogP contribution is -2.40. The van der Waals surface area contributed by atoms with Crippen molar-refractivity contribution in [3.63, 3.8) is 0 Å². The summed E-state index contributed by atoms with van der Waals surface area (Å²) in [5.74, 6) is 1.59. The number of methoxy groups -OCH3 is 2. The van der Waals surface area contributed by atoms with Gasteiger partial charge in [0.1, 0.15) is 23.6 Å². The summed E-state index contributed by atoms with van der Waals surface area (Å²) in [6, 6.07) is 11.4. The van der Waals surface area contributed by atoms with E-state index in [1.54, 1.807) is 32.6 Å². The molecule has 1 saturated heterocycles. The van der Waals surface area contributed by atoms with Gasteiger partial charge in [-0.15, -0.1) is 0 Å². The molecule has 0 radical (unpaired) electrons. The molecule has 7 nitrogen and oxygen atoms in total. The Morgan fingerprint density at radius 3 is 2.78 bits per heavy atom. The van der Waals surface area contributed by atoms with E-state index in [9.17, 15) is 9.18 Å². The number of rotatable bonds is 7. The number of carbonyl (C=O) groups excluding carboxylic acids is 1. The predicted octanol–water partition coefficient (Wildman–Crippen LogP) is 4.59. The average Bonchev–Trinajstić information content (AvgIpc) is 3.49. The van der Waals surface area contributed by atoms with E-state index in [-0.39, 0.29) is 17.9 Å². The lowest BCUT2D eigenvalue weighted by Gasteiger charge is -2.26. The van der Waals surface area contributed by atoms with Crippen molar-refractivity contribution < 1.29 is 23.1 Å². The van der Waals surface area contributed by atoms with Gasteiger partial charge in [0.15, 0.2) is 0 Å². The van der Waals surface area contributed by atoms with Crippen molar-refractivity contribution in [1.29, 1.82) is 0 Å². The van der Waals surface area contributed by atoms with Crippen LogP contribution in [0.1, 0.15) is 30.1 Å². The minimum atomic E-state index is -0.310. The van der Waals surface area contributed by atoms with Gasteiger partial charge in [0.2, 0.25) is 5.89 Å². The summed E-state index contributed by atoms with van der Waals surface area (Å²) < 4.78 is 29.4. The van der Waals surface area contributed by atoms with E-state index in [1.807, 2.05) is 23.1 Å². The first kappa shape index (κ1) is 21.7. The van der Waals surface area contributed by atoms with Gasteiger partial charge in [0.25, 0.3) is 0 Å². The standard InChI is InChI=1S/C24H26FN3O4/c1-30-19-9-10-22(31-2)20(14-19)21-4-3-13-28(21)24(29)26-12-11-18-15-32-23(27-18)16-5-7-17(25)8-6-16/h5-10,14-15,21H,3-4,11-13H2,1-2H3,(H,26,29). The van der Waals surface area contributed by atoms with Gasteiger partial charge >= 0.3 is 6.03 Å². The number of oxazole rings is 1. The molecule has 2 aromatic carbocycles. The topological polar surface area (TPSA) is 76.8 Å². The van der Waals surface area contributed by atoms with Crippen LogP contribution < -0.4 is 14.8 Å². The minimum absolute atomic E-state index is 0.0721. The average molecular weight is 439 g/mol. The van der Waals surface area contributed by atoms with Crippen molar-refractivity contribution in [3.8, 4) is 23.0 Å². The highest BCUT2D eigenvalue weighted by Crippen LogP contribution is 2.38. The van der Waals surface area contributed by atoms with Crippen LogP contribution >= 0.6 is 0 Å². The number of hydrogen-bond acceptors (Lipinski definition) is 5. The van der Waals surface area contributed by atoms with Crippen molar-refractivity contribution in [2.75, 3.05) is 27.3 Å². The number of nitrogens with zero attached hydrogens (tertiary/aromatic N) is 2. The van der Waals surface area contributed by atoms with Crippen LogP contribution in [0.15, 0.2) is 53.1 Å². The highest BCUT2D eigenvalue weighted by Gasteiger charge is 2.32. The number of likely N-dealkylation sites (tertiary alicyclic amines) is 1. The summed E-state index contributed by atoms with van der Waals surface area (Å²) in [5.41, 5.74) is 2.37. The fourth-order valence-electron chi connectivity index (χ4n) is 3.98. The SMILES string of the molecule is COc1ccc(OC)c(C2CCCN2C(=O)NCCc2coc(-c3ccc(F)cc3)n2)c1. The van der Waals surface area contributed by atoms with Crippen molar-refractivity contribution in [2.45, 2.75) is 25.3 Å².